The quantitative estimate of drug-likeness (QED) is 0.490. The molecule has 9 heteroatoms. The van der Waals surface area contributed by atoms with Crippen molar-refractivity contribution in [2.24, 2.45) is 0 Å². The van der Waals surface area contributed by atoms with Gasteiger partial charge in [0.05, 0.1) is 12.7 Å². The van der Waals surface area contributed by atoms with Gasteiger partial charge in [0.25, 0.3) is 5.91 Å². The Morgan fingerprint density at radius 3 is 3.04 bits per heavy atom. The molecule has 0 bridgehead atoms. The summed E-state index contributed by atoms with van der Waals surface area (Å²) in [5.74, 6) is 0.410. The van der Waals surface area contributed by atoms with Crippen LogP contribution < -0.4 is 11.1 Å². The minimum atomic E-state index is -0.00356. The number of amides is 1. The van der Waals surface area contributed by atoms with E-state index < -0.39 is 0 Å². The molecule has 28 heavy (non-hydrogen) atoms. The highest BCUT2D eigenvalue weighted by Gasteiger charge is 2.17. The van der Waals surface area contributed by atoms with Crippen LogP contribution in [0.2, 0.25) is 0 Å². The number of rotatable bonds is 4. The van der Waals surface area contributed by atoms with Gasteiger partial charge in [0.15, 0.2) is 0 Å². The highest BCUT2D eigenvalue weighted by molar-refractivity contribution is 5.96. The molecule has 1 aliphatic rings. The van der Waals surface area contributed by atoms with Gasteiger partial charge >= 0.3 is 0 Å². The number of hydrogen-bond acceptors (Lipinski definition) is 6. The Morgan fingerprint density at radius 1 is 1.18 bits per heavy atom. The van der Waals surface area contributed by atoms with E-state index in [1.165, 1.54) is 0 Å². The van der Waals surface area contributed by atoms with Gasteiger partial charge in [-0.05, 0) is 40.8 Å². The molecule has 5 rings (SSSR count). The van der Waals surface area contributed by atoms with Crippen LogP contribution in [0.15, 0.2) is 36.7 Å². The maximum atomic E-state index is 12.0. The number of aromatic nitrogens is 6. The molecule has 0 saturated heterocycles. The predicted octanol–water partition coefficient (Wildman–Crippen LogP) is 1.06. The first kappa shape index (κ1) is 16.4. The Balaban J connectivity index is 1.37. The zero-order valence-corrected chi connectivity index (χ0v) is 15.0. The summed E-state index contributed by atoms with van der Waals surface area (Å²) in [4.78, 5) is 16.2. The Hall–Kier alpha value is -3.75. The van der Waals surface area contributed by atoms with Crippen molar-refractivity contribution in [3.05, 3.63) is 64.5 Å². The standard InChI is InChI=1S/C19H18N8O/c20-16-7-14(17-18(23-16)25-26-24-17)5-12-8-22-27(10-12)9-11-1-2-13-3-4-21-19(28)15(13)6-11/h1-2,6-8,10H,3-5,9H2,(H,21,28)(H3,20,23,24,25,26). The SMILES string of the molecule is Nc1cc(Cc2cnn(Cc3ccc4c(c3)C(=O)NCC4)c2)c2n[nH]nc2n1. The van der Waals surface area contributed by atoms with E-state index in [0.717, 1.165) is 34.2 Å². The molecule has 0 unspecified atom stereocenters. The molecular formula is C19H18N8O. The Kier molecular flexibility index (Phi) is 3.78. The van der Waals surface area contributed by atoms with Gasteiger partial charge in [-0.3, -0.25) is 9.48 Å². The van der Waals surface area contributed by atoms with Gasteiger partial charge in [0.2, 0.25) is 5.65 Å². The molecular weight excluding hydrogens is 356 g/mol. The average molecular weight is 374 g/mol. The molecule has 0 atom stereocenters. The number of nitrogens with one attached hydrogen (secondary N) is 2. The first-order valence-corrected chi connectivity index (χ1v) is 9.03. The third-order valence-corrected chi connectivity index (χ3v) is 4.92. The van der Waals surface area contributed by atoms with Gasteiger partial charge in [0, 0.05) is 24.7 Å². The van der Waals surface area contributed by atoms with Crippen LogP contribution in [0.3, 0.4) is 0 Å². The van der Waals surface area contributed by atoms with E-state index in [-0.39, 0.29) is 5.91 Å². The Bertz CT molecular complexity index is 1190. The maximum Gasteiger partial charge on any atom is 0.251 e. The lowest BCUT2D eigenvalue weighted by Gasteiger charge is -2.17. The summed E-state index contributed by atoms with van der Waals surface area (Å²) in [5, 5.41) is 18.1. The molecule has 0 radical (unpaired) electrons. The van der Waals surface area contributed by atoms with Crippen molar-refractivity contribution < 1.29 is 4.79 Å². The van der Waals surface area contributed by atoms with Gasteiger partial charge in [-0.15, -0.1) is 5.10 Å². The zero-order valence-electron chi connectivity index (χ0n) is 15.0. The highest BCUT2D eigenvalue weighted by Crippen LogP contribution is 2.20. The fourth-order valence-corrected chi connectivity index (χ4v) is 3.60. The molecule has 4 heterocycles. The van der Waals surface area contributed by atoms with Gasteiger partial charge in [-0.1, -0.05) is 12.1 Å². The van der Waals surface area contributed by atoms with Crippen LogP contribution in [0, 0.1) is 0 Å². The number of benzene rings is 1. The average Bonchev–Trinajstić information content (AvgIpc) is 3.32. The molecule has 3 aromatic heterocycles. The van der Waals surface area contributed by atoms with E-state index in [1.807, 2.05) is 35.3 Å². The number of anilines is 1. The van der Waals surface area contributed by atoms with E-state index in [0.29, 0.717) is 36.5 Å². The summed E-state index contributed by atoms with van der Waals surface area (Å²) in [6.07, 6.45) is 5.32. The molecule has 9 nitrogen and oxygen atoms in total. The fourth-order valence-electron chi connectivity index (χ4n) is 3.60. The summed E-state index contributed by atoms with van der Waals surface area (Å²) in [5.41, 5.74) is 12.0. The second kappa shape index (κ2) is 6.45. The van der Waals surface area contributed by atoms with Crippen molar-refractivity contribution in [3.63, 3.8) is 0 Å². The van der Waals surface area contributed by atoms with Gasteiger partial charge in [-0.2, -0.15) is 15.4 Å². The number of nitrogen functional groups attached to an aromatic ring is 1. The molecule has 4 N–H and O–H groups in total. The van der Waals surface area contributed by atoms with Crippen LogP contribution >= 0.6 is 0 Å². The number of nitrogens with two attached hydrogens (primary N) is 1. The van der Waals surface area contributed by atoms with Gasteiger partial charge in [0.1, 0.15) is 11.3 Å². The van der Waals surface area contributed by atoms with Crippen LogP contribution in [-0.2, 0) is 19.4 Å². The minimum Gasteiger partial charge on any atom is -0.384 e. The summed E-state index contributed by atoms with van der Waals surface area (Å²) in [6.45, 7) is 1.30. The number of carbonyl (C=O) groups is 1. The van der Waals surface area contributed by atoms with Crippen molar-refractivity contribution >= 4 is 22.9 Å². The number of hydrogen-bond donors (Lipinski definition) is 3. The van der Waals surface area contributed by atoms with E-state index in [9.17, 15) is 4.79 Å². The first-order chi connectivity index (χ1) is 13.7. The molecule has 140 valence electrons. The second-order valence-corrected chi connectivity index (χ2v) is 6.92. The fraction of sp³-hybridized carbons (Fsp3) is 0.211. The van der Waals surface area contributed by atoms with Crippen molar-refractivity contribution in [1.29, 1.82) is 0 Å². The number of carbonyl (C=O) groups excluding carboxylic acids is 1. The van der Waals surface area contributed by atoms with E-state index >= 15 is 0 Å². The number of nitrogens with zero attached hydrogens (tertiary/aromatic N) is 5. The van der Waals surface area contributed by atoms with Crippen molar-refractivity contribution in [2.75, 3.05) is 12.3 Å². The Labute approximate surface area is 160 Å². The zero-order chi connectivity index (χ0) is 19.1. The lowest BCUT2D eigenvalue weighted by molar-refractivity contribution is 0.0946. The summed E-state index contributed by atoms with van der Waals surface area (Å²) >= 11 is 0. The third-order valence-electron chi connectivity index (χ3n) is 4.92. The van der Waals surface area contributed by atoms with Crippen LogP contribution in [0.1, 0.15) is 32.6 Å². The maximum absolute atomic E-state index is 12.0. The highest BCUT2D eigenvalue weighted by atomic mass is 16.1. The van der Waals surface area contributed by atoms with Crippen LogP contribution in [0.25, 0.3) is 11.2 Å². The number of fused-ring (bicyclic) bond motifs is 2. The predicted molar refractivity (Wildman–Crippen MR) is 103 cm³/mol. The smallest absolute Gasteiger partial charge is 0.251 e. The summed E-state index contributed by atoms with van der Waals surface area (Å²) in [6, 6.07) is 7.86. The normalized spacial score (nSPS) is 13.5. The van der Waals surface area contributed by atoms with Crippen molar-refractivity contribution in [1.82, 2.24) is 35.5 Å². The molecule has 4 aromatic rings. The number of H-pyrrole nitrogens is 1. The molecule has 1 aromatic carbocycles. The first-order valence-electron chi connectivity index (χ1n) is 9.03. The molecule has 1 amide bonds. The number of pyridine rings is 1. The topological polar surface area (TPSA) is 127 Å². The molecule has 1 aliphatic heterocycles. The van der Waals surface area contributed by atoms with Crippen LogP contribution in [0.4, 0.5) is 5.82 Å². The van der Waals surface area contributed by atoms with Crippen LogP contribution in [0.5, 0.6) is 0 Å². The monoisotopic (exact) mass is 374 g/mol. The Morgan fingerprint density at radius 2 is 2.11 bits per heavy atom. The second-order valence-electron chi connectivity index (χ2n) is 6.92. The van der Waals surface area contributed by atoms with E-state index in [4.69, 9.17) is 5.73 Å². The van der Waals surface area contributed by atoms with Crippen molar-refractivity contribution in [2.45, 2.75) is 19.4 Å². The summed E-state index contributed by atoms with van der Waals surface area (Å²) < 4.78 is 1.86. The van der Waals surface area contributed by atoms with Crippen molar-refractivity contribution in [3.8, 4) is 0 Å². The summed E-state index contributed by atoms with van der Waals surface area (Å²) in [7, 11) is 0. The molecule has 0 saturated carbocycles. The number of aromatic amines is 1. The van der Waals surface area contributed by atoms with Gasteiger partial charge in [-0.25, -0.2) is 4.98 Å². The molecule has 0 aliphatic carbocycles. The molecule has 0 spiro atoms. The lowest BCUT2D eigenvalue weighted by atomic mass is 9.98. The third kappa shape index (κ3) is 2.96. The van der Waals surface area contributed by atoms with Gasteiger partial charge < -0.3 is 11.1 Å². The minimum absolute atomic E-state index is 0.00356. The van der Waals surface area contributed by atoms with Crippen LogP contribution in [-0.4, -0.2) is 42.6 Å². The largest absolute Gasteiger partial charge is 0.384 e. The molecule has 0 fully saturated rings. The van der Waals surface area contributed by atoms with E-state index in [1.54, 1.807) is 0 Å². The lowest BCUT2D eigenvalue weighted by Crippen LogP contribution is -2.31. The van der Waals surface area contributed by atoms with E-state index in [2.05, 4.69) is 36.9 Å².